The van der Waals surface area contributed by atoms with Gasteiger partial charge in [0.25, 0.3) is 0 Å². The Bertz CT molecular complexity index is 452. The fraction of sp³-hybridized carbons (Fsp3) is 0.727. The normalized spacial score (nSPS) is 39.6. The average Bonchev–Trinajstić information content (AvgIpc) is 2.53. The average molecular weight is 299 g/mol. The van der Waals surface area contributed by atoms with Crippen LogP contribution in [0.3, 0.4) is 0 Å². The van der Waals surface area contributed by atoms with Gasteiger partial charge in [0.1, 0.15) is 0 Å². The van der Waals surface area contributed by atoms with Crippen LogP contribution in [0.25, 0.3) is 0 Å². The van der Waals surface area contributed by atoms with Crippen LogP contribution in [0.1, 0.15) is 90.2 Å². The molecule has 0 radical (unpaired) electrons. The fourth-order valence-electron chi connectivity index (χ4n) is 5.10. The Kier molecular flexibility index (Phi) is 4.40. The fourth-order valence-corrected chi connectivity index (χ4v) is 5.10. The minimum Gasteiger partial charge on any atom is -0.0617 e. The van der Waals surface area contributed by atoms with Crippen molar-refractivity contribution >= 4 is 0 Å². The first-order valence-electron chi connectivity index (χ1n) is 9.58. The first-order chi connectivity index (χ1) is 10.5. The van der Waals surface area contributed by atoms with Crippen molar-refractivity contribution in [2.45, 2.75) is 89.9 Å². The molecule has 0 nitrogen and oxygen atoms in total. The lowest BCUT2D eigenvalue weighted by Gasteiger charge is -2.42. The molecule has 1 aromatic rings. The van der Waals surface area contributed by atoms with Crippen LogP contribution in [0.4, 0.5) is 0 Å². The summed E-state index contributed by atoms with van der Waals surface area (Å²) in [6, 6.07) is 9.85. The monoisotopic (exact) mass is 298 g/mol. The van der Waals surface area contributed by atoms with Crippen molar-refractivity contribution in [3.05, 3.63) is 35.4 Å². The van der Waals surface area contributed by atoms with Crippen LogP contribution >= 0.6 is 0 Å². The van der Waals surface area contributed by atoms with Crippen LogP contribution in [0, 0.1) is 11.8 Å². The standard InChI is InChI=1S/C22H34/c1-17-9-5-7-15-21(17,3)19-11-13-20(14-12-19)22(4)16-8-6-10-18(22)2/h11-14,17-18H,5-10,15-16H2,1-4H3. The van der Waals surface area contributed by atoms with Crippen LogP contribution in [0.15, 0.2) is 24.3 Å². The second kappa shape index (κ2) is 6.02. The lowest BCUT2D eigenvalue weighted by atomic mass is 9.62. The Balaban J connectivity index is 1.86. The molecule has 4 atom stereocenters. The van der Waals surface area contributed by atoms with E-state index in [0.29, 0.717) is 10.8 Å². The van der Waals surface area contributed by atoms with Crippen LogP contribution in [-0.2, 0) is 10.8 Å². The summed E-state index contributed by atoms with van der Waals surface area (Å²) in [5.74, 6) is 1.63. The maximum atomic E-state index is 2.50. The van der Waals surface area contributed by atoms with Crippen molar-refractivity contribution in [2.24, 2.45) is 11.8 Å². The zero-order chi connectivity index (χ0) is 15.8. The summed E-state index contributed by atoms with van der Waals surface area (Å²) < 4.78 is 0. The Morgan fingerprint density at radius 3 is 1.36 bits per heavy atom. The van der Waals surface area contributed by atoms with E-state index >= 15 is 0 Å². The van der Waals surface area contributed by atoms with E-state index < -0.39 is 0 Å². The van der Waals surface area contributed by atoms with Crippen LogP contribution in [0.2, 0.25) is 0 Å². The molecule has 0 N–H and O–H groups in total. The highest BCUT2D eigenvalue weighted by atomic mass is 14.4. The zero-order valence-corrected chi connectivity index (χ0v) is 15.1. The molecular weight excluding hydrogens is 264 g/mol. The van der Waals surface area contributed by atoms with Gasteiger partial charge in [-0.05, 0) is 59.5 Å². The van der Waals surface area contributed by atoms with Crippen LogP contribution in [-0.4, -0.2) is 0 Å². The highest BCUT2D eigenvalue weighted by Crippen LogP contribution is 2.46. The third-order valence-corrected chi connectivity index (χ3v) is 7.55. The van der Waals surface area contributed by atoms with Crippen molar-refractivity contribution in [3.63, 3.8) is 0 Å². The molecular formula is C22H34. The third-order valence-electron chi connectivity index (χ3n) is 7.55. The minimum absolute atomic E-state index is 0.399. The van der Waals surface area contributed by atoms with Gasteiger partial charge >= 0.3 is 0 Å². The molecule has 0 spiro atoms. The maximum Gasteiger partial charge on any atom is -0.00497 e. The SMILES string of the molecule is CC1CCCCC1(C)c1ccc(C2(C)CCCCC2C)cc1. The number of rotatable bonds is 2. The second-order valence-corrected chi connectivity index (χ2v) is 8.71. The first kappa shape index (κ1) is 16.1. The Morgan fingerprint density at radius 2 is 1.05 bits per heavy atom. The maximum absolute atomic E-state index is 2.50. The predicted molar refractivity (Wildman–Crippen MR) is 96.4 cm³/mol. The van der Waals surface area contributed by atoms with E-state index in [1.807, 2.05) is 0 Å². The molecule has 0 aliphatic heterocycles. The van der Waals surface area contributed by atoms with Gasteiger partial charge in [0.15, 0.2) is 0 Å². The van der Waals surface area contributed by atoms with Gasteiger partial charge in [0.2, 0.25) is 0 Å². The molecule has 0 aromatic heterocycles. The summed E-state index contributed by atoms with van der Waals surface area (Å²) >= 11 is 0. The topological polar surface area (TPSA) is 0 Å². The lowest BCUT2D eigenvalue weighted by Crippen LogP contribution is -2.35. The highest BCUT2D eigenvalue weighted by Gasteiger charge is 2.37. The third kappa shape index (κ3) is 2.63. The van der Waals surface area contributed by atoms with Gasteiger partial charge in [-0.2, -0.15) is 0 Å². The summed E-state index contributed by atoms with van der Waals surface area (Å²) in [6.07, 6.45) is 11.2. The molecule has 2 aliphatic rings. The van der Waals surface area contributed by atoms with E-state index in [2.05, 4.69) is 52.0 Å². The van der Waals surface area contributed by atoms with E-state index in [4.69, 9.17) is 0 Å². The van der Waals surface area contributed by atoms with Gasteiger partial charge < -0.3 is 0 Å². The quantitative estimate of drug-likeness (QED) is 0.575. The van der Waals surface area contributed by atoms with Gasteiger partial charge in [-0.3, -0.25) is 0 Å². The molecule has 22 heavy (non-hydrogen) atoms. The molecule has 2 fully saturated rings. The van der Waals surface area contributed by atoms with E-state index in [0.717, 1.165) is 11.8 Å². The number of benzene rings is 1. The summed E-state index contributed by atoms with van der Waals surface area (Å²) in [4.78, 5) is 0. The summed E-state index contributed by atoms with van der Waals surface area (Å²) in [5.41, 5.74) is 3.96. The molecule has 2 saturated carbocycles. The smallest absolute Gasteiger partial charge is 0.00497 e. The summed E-state index contributed by atoms with van der Waals surface area (Å²) in [5, 5.41) is 0. The molecule has 0 amide bonds. The van der Waals surface area contributed by atoms with E-state index in [9.17, 15) is 0 Å². The van der Waals surface area contributed by atoms with Gasteiger partial charge in [0.05, 0.1) is 0 Å². The molecule has 3 rings (SSSR count). The molecule has 0 heteroatoms. The van der Waals surface area contributed by atoms with Crippen molar-refractivity contribution in [2.75, 3.05) is 0 Å². The molecule has 2 aliphatic carbocycles. The molecule has 0 heterocycles. The van der Waals surface area contributed by atoms with Crippen molar-refractivity contribution in [1.29, 1.82) is 0 Å². The first-order valence-corrected chi connectivity index (χ1v) is 9.58. The molecule has 4 unspecified atom stereocenters. The minimum atomic E-state index is 0.399. The molecule has 122 valence electrons. The van der Waals surface area contributed by atoms with Gasteiger partial charge in [0, 0.05) is 0 Å². The Hall–Kier alpha value is -0.780. The lowest BCUT2D eigenvalue weighted by molar-refractivity contribution is 0.217. The predicted octanol–water partition coefficient (Wildman–Crippen LogP) is 6.62. The van der Waals surface area contributed by atoms with Gasteiger partial charge in [-0.25, -0.2) is 0 Å². The Labute approximate surface area is 137 Å². The summed E-state index contributed by atoms with van der Waals surface area (Å²) in [7, 11) is 0. The van der Waals surface area contributed by atoms with Crippen molar-refractivity contribution < 1.29 is 0 Å². The van der Waals surface area contributed by atoms with Gasteiger partial charge in [-0.15, -0.1) is 0 Å². The molecule has 0 saturated heterocycles. The zero-order valence-electron chi connectivity index (χ0n) is 15.1. The highest BCUT2D eigenvalue weighted by molar-refractivity contribution is 5.34. The van der Waals surface area contributed by atoms with Crippen LogP contribution in [0.5, 0.6) is 0 Å². The molecule has 0 bridgehead atoms. The second-order valence-electron chi connectivity index (χ2n) is 8.71. The summed E-state index contributed by atoms with van der Waals surface area (Å²) in [6.45, 7) is 9.91. The van der Waals surface area contributed by atoms with E-state index in [1.165, 1.54) is 51.4 Å². The molecule has 1 aromatic carbocycles. The number of hydrogen-bond donors (Lipinski definition) is 0. The van der Waals surface area contributed by atoms with E-state index in [-0.39, 0.29) is 0 Å². The largest absolute Gasteiger partial charge is 0.0617 e. The van der Waals surface area contributed by atoms with Crippen LogP contribution < -0.4 is 0 Å². The van der Waals surface area contributed by atoms with Crippen molar-refractivity contribution in [1.82, 2.24) is 0 Å². The van der Waals surface area contributed by atoms with Crippen molar-refractivity contribution in [3.8, 4) is 0 Å². The number of hydrogen-bond acceptors (Lipinski definition) is 0. The van der Waals surface area contributed by atoms with Gasteiger partial charge in [-0.1, -0.05) is 77.6 Å². The Morgan fingerprint density at radius 1 is 0.682 bits per heavy atom. The van der Waals surface area contributed by atoms with E-state index in [1.54, 1.807) is 11.1 Å².